The molecule has 3 rings (SSSR count). The third-order valence-corrected chi connectivity index (χ3v) is 4.55. The minimum absolute atomic E-state index is 0.0926. The van der Waals surface area contributed by atoms with Crippen molar-refractivity contribution in [1.29, 1.82) is 0 Å². The molecule has 0 aliphatic heterocycles. The molecule has 3 aromatic rings. The van der Waals surface area contributed by atoms with Crippen molar-refractivity contribution in [2.24, 2.45) is 0 Å². The first kappa shape index (κ1) is 17.4. The fourth-order valence-corrected chi connectivity index (χ4v) is 3.39. The van der Waals surface area contributed by atoms with Crippen LogP contribution in [0, 0.1) is 27.2 Å². The predicted molar refractivity (Wildman–Crippen MR) is 96.4 cm³/mol. The SMILES string of the molecule is Cc1ccc2nc(NC(=O)Cc3ccc([N+](=O)[O-])cc3[N+](=O)[O-])sc2c1. The lowest BCUT2D eigenvalue weighted by molar-refractivity contribution is -0.394. The van der Waals surface area contributed by atoms with Gasteiger partial charge < -0.3 is 5.32 Å². The normalized spacial score (nSPS) is 10.7. The van der Waals surface area contributed by atoms with Gasteiger partial charge in [-0.05, 0) is 30.7 Å². The molecule has 0 atom stereocenters. The van der Waals surface area contributed by atoms with Gasteiger partial charge in [0.05, 0.1) is 32.6 Å². The molecule has 26 heavy (non-hydrogen) atoms. The van der Waals surface area contributed by atoms with Crippen molar-refractivity contribution in [2.45, 2.75) is 13.3 Å². The summed E-state index contributed by atoms with van der Waals surface area (Å²) in [6.07, 6.45) is -0.288. The van der Waals surface area contributed by atoms with E-state index in [1.54, 1.807) is 0 Å². The number of hydrogen-bond donors (Lipinski definition) is 1. The number of thiazole rings is 1. The Labute approximate surface area is 150 Å². The summed E-state index contributed by atoms with van der Waals surface area (Å²) in [4.78, 5) is 36.9. The van der Waals surface area contributed by atoms with Gasteiger partial charge in [0.15, 0.2) is 5.13 Å². The molecular weight excluding hydrogens is 360 g/mol. The van der Waals surface area contributed by atoms with E-state index < -0.39 is 27.1 Å². The molecule has 9 nitrogen and oxygen atoms in total. The third-order valence-electron chi connectivity index (χ3n) is 3.62. The zero-order chi connectivity index (χ0) is 18.8. The molecule has 0 spiro atoms. The zero-order valence-corrected chi connectivity index (χ0v) is 14.3. The van der Waals surface area contributed by atoms with E-state index >= 15 is 0 Å². The molecule has 1 aromatic heterocycles. The summed E-state index contributed by atoms with van der Waals surface area (Å²) in [5, 5.41) is 24.9. The number of carbonyl (C=O) groups is 1. The minimum atomic E-state index is -0.740. The van der Waals surface area contributed by atoms with Gasteiger partial charge in [-0.2, -0.15) is 0 Å². The van der Waals surface area contributed by atoms with Gasteiger partial charge in [0.25, 0.3) is 11.4 Å². The second kappa shape index (κ2) is 6.84. The molecule has 132 valence electrons. The highest BCUT2D eigenvalue weighted by molar-refractivity contribution is 7.22. The number of carbonyl (C=O) groups excluding carboxylic acids is 1. The summed E-state index contributed by atoms with van der Waals surface area (Å²) >= 11 is 1.30. The standard InChI is InChI=1S/C16H12N4O5S/c1-9-2-5-12-14(6-9)26-16(17-12)18-15(21)7-10-3-4-11(19(22)23)8-13(10)20(24)25/h2-6,8H,7H2,1H3,(H,17,18,21). The lowest BCUT2D eigenvalue weighted by Crippen LogP contribution is -2.15. The monoisotopic (exact) mass is 372 g/mol. The minimum Gasteiger partial charge on any atom is -0.302 e. The highest BCUT2D eigenvalue weighted by Crippen LogP contribution is 2.28. The first-order valence-corrected chi connectivity index (χ1v) is 8.24. The highest BCUT2D eigenvalue weighted by atomic mass is 32.1. The average molecular weight is 372 g/mol. The second-order valence-electron chi connectivity index (χ2n) is 5.54. The molecule has 0 bridgehead atoms. The van der Waals surface area contributed by atoms with Crippen molar-refractivity contribution in [2.75, 3.05) is 5.32 Å². The molecule has 0 radical (unpaired) electrons. The van der Waals surface area contributed by atoms with Gasteiger partial charge in [-0.1, -0.05) is 17.4 Å². The van der Waals surface area contributed by atoms with E-state index in [0.717, 1.165) is 27.9 Å². The molecule has 0 saturated carbocycles. The number of nitro groups is 2. The van der Waals surface area contributed by atoms with E-state index in [1.807, 2.05) is 25.1 Å². The maximum Gasteiger partial charge on any atom is 0.279 e. The zero-order valence-electron chi connectivity index (χ0n) is 13.5. The van der Waals surface area contributed by atoms with Crippen LogP contribution < -0.4 is 5.32 Å². The Kier molecular flexibility index (Phi) is 4.59. The van der Waals surface area contributed by atoms with Gasteiger partial charge >= 0.3 is 0 Å². The molecule has 1 N–H and O–H groups in total. The van der Waals surface area contributed by atoms with Crippen molar-refractivity contribution < 1.29 is 14.6 Å². The molecule has 1 amide bonds. The Morgan fingerprint density at radius 1 is 1.15 bits per heavy atom. The van der Waals surface area contributed by atoms with E-state index in [0.29, 0.717) is 5.13 Å². The number of rotatable bonds is 5. The van der Waals surface area contributed by atoms with E-state index in [2.05, 4.69) is 10.3 Å². The number of hydrogen-bond acceptors (Lipinski definition) is 7. The van der Waals surface area contributed by atoms with Gasteiger partial charge in [-0.25, -0.2) is 4.98 Å². The number of aromatic nitrogens is 1. The van der Waals surface area contributed by atoms with E-state index in [4.69, 9.17) is 0 Å². The Hall–Kier alpha value is -3.40. The number of anilines is 1. The number of nitrogens with zero attached hydrogens (tertiary/aromatic N) is 3. The van der Waals surface area contributed by atoms with Crippen LogP contribution in [0.1, 0.15) is 11.1 Å². The fraction of sp³-hybridized carbons (Fsp3) is 0.125. The summed E-state index contributed by atoms with van der Waals surface area (Å²) in [5.41, 5.74) is 1.05. The van der Waals surface area contributed by atoms with Gasteiger partial charge in [-0.3, -0.25) is 25.0 Å². The summed E-state index contributed by atoms with van der Waals surface area (Å²) < 4.78 is 0.918. The van der Waals surface area contributed by atoms with Gasteiger partial charge in [0.1, 0.15) is 0 Å². The van der Waals surface area contributed by atoms with E-state index in [-0.39, 0.29) is 12.0 Å². The van der Waals surface area contributed by atoms with Gasteiger partial charge in [-0.15, -0.1) is 0 Å². The van der Waals surface area contributed by atoms with Crippen LogP contribution in [0.5, 0.6) is 0 Å². The third kappa shape index (κ3) is 3.64. The first-order valence-electron chi connectivity index (χ1n) is 7.42. The summed E-state index contributed by atoms with van der Waals surface area (Å²) in [6, 6.07) is 8.91. The number of fused-ring (bicyclic) bond motifs is 1. The van der Waals surface area contributed by atoms with Crippen LogP contribution in [-0.2, 0) is 11.2 Å². The largest absolute Gasteiger partial charge is 0.302 e. The van der Waals surface area contributed by atoms with Crippen molar-refractivity contribution in [3.05, 3.63) is 67.8 Å². The summed E-state index contributed by atoms with van der Waals surface area (Å²) in [7, 11) is 0. The molecular formula is C16H12N4O5S. The van der Waals surface area contributed by atoms with Crippen molar-refractivity contribution in [1.82, 2.24) is 4.98 Å². The van der Waals surface area contributed by atoms with Crippen molar-refractivity contribution in [3.63, 3.8) is 0 Å². The Morgan fingerprint density at radius 3 is 2.62 bits per heavy atom. The first-order chi connectivity index (χ1) is 12.3. The quantitative estimate of drug-likeness (QED) is 0.538. The van der Waals surface area contributed by atoms with Crippen LogP contribution in [-0.4, -0.2) is 20.7 Å². The number of nitrogens with one attached hydrogen (secondary N) is 1. The van der Waals surface area contributed by atoms with Crippen LogP contribution >= 0.6 is 11.3 Å². The molecule has 0 aliphatic carbocycles. The molecule has 0 fully saturated rings. The van der Waals surface area contributed by atoms with Gasteiger partial charge in [0.2, 0.25) is 5.91 Å². The molecule has 0 unspecified atom stereocenters. The maximum atomic E-state index is 12.2. The van der Waals surface area contributed by atoms with Crippen molar-refractivity contribution >= 4 is 44.0 Å². The van der Waals surface area contributed by atoms with Crippen LogP contribution in [0.3, 0.4) is 0 Å². The number of non-ortho nitro benzene ring substituents is 1. The second-order valence-corrected chi connectivity index (χ2v) is 6.57. The van der Waals surface area contributed by atoms with E-state index in [1.165, 1.54) is 17.4 Å². The highest BCUT2D eigenvalue weighted by Gasteiger charge is 2.21. The predicted octanol–water partition coefficient (Wildman–Crippen LogP) is 3.60. The molecule has 2 aromatic carbocycles. The lowest BCUT2D eigenvalue weighted by atomic mass is 10.1. The number of aryl methyl sites for hydroxylation is 1. The van der Waals surface area contributed by atoms with Crippen LogP contribution in [0.4, 0.5) is 16.5 Å². The fourth-order valence-electron chi connectivity index (χ4n) is 2.41. The van der Waals surface area contributed by atoms with Gasteiger partial charge in [0, 0.05) is 11.6 Å². The molecule has 0 aliphatic rings. The van der Waals surface area contributed by atoms with Crippen LogP contribution in [0.15, 0.2) is 36.4 Å². The Bertz CT molecular complexity index is 1050. The summed E-state index contributed by atoms with van der Waals surface area (Å²) in [6.45, 7) is 1.95. The smallest absolute Gasteiger partial charge is 0.279 e. The maximum absolute atomic E-state index is 12.2. The van der Waals surface area contributed by atoms with Crippen molar-refractivity contribution in [3.8, 4) is 0 Å². The molecule has 10 heteroatoms. The van der Waals surface area contributed by atoms with Crippen LogP contribution in [0.25, 0.3) is 10.2 Å². The number of nitro benzene ring substituents is 2. The number of benzene rings is 2. The van der Waals surface area contributed by atoms with E-state index in [9.17, 15) is 25.0 Å². The van der Waals surface area contributed by atoms with Crippen LogP contribution in [0.2, 0.25) is 0 Å². The topological polar surface area (TPSA) is 128 Å². The molecule has 1 heterocycles. The lowest BCUT2D eigenvalue weighted by Gasteiger charge is -2.03. The Morgan fingerprint density at radius 2 is 1.92 bits per heavy atom. The number of amides is 1. The summed E-state index contributed by atoms with van der Waals surface area (Å²) in [5.74, 6) is -0.488. The Balaban J connectivity index is 1.80. The average Bonchev–Trinajstić information content (AvgIpc) is 2.95. The molecule has 0 saturated heterocycles.